The average molecular weight is 259 g/mol. The quantitative estimate of drug-likeness (QED) is 0.640. The summed E-state index contributed by atoms with van der Waals surface area (Å²) >= 11 is 0. The molecule has 4 nitrogen and oxygen atoms in total. The van der Waals surface area contributed by atoms with Crippen LogP contribution in [-0.4, -0.2) is 17.7 Å². The second-order valence-corrected chi connectivity index (χ2v) is 4.93. The van der Waals surface area contributed by atoms with Crippen molar-refractivity contribution in [3.63, 3.8) is 0 Å². The number of nitrogens with two attached hydrogens (primary N) is 1. The molecule has 1 aromatic heterocycles. The van der Waals surface area contributed by atoms with E-state index in [4.69, 9.17) is 10.6 Å². The van der Waals surface area contributed by atoms with Crippen molar-refractivity contribution in [2.24, 2.45) is 5.84 Å². The molecular weight excluding hydrogens is 238 g/mol. The predicted octanol–water partition coefficient (Wildman–Crippen LogP) is 2.55. The van der Waals surface area contributed by atoms with Gasteiger partial charge in [-0.3, -0.25) is 16.3 Å². The van der Waals surface area contributed by atoms with Crippen molar-refractivity contribution < 1.29 is 4.74 Å². The number of hydrogen-bond acceptors (Lipinski definition) is 4. The number of methoxy groups -OCH3 is 1. The Hall–Kier alpha value is -1.49. The minimum atomic E-state index is -0.362. The fraction of sp³-hybridized carbons (Fsp3) is 0.400. The van der Waals surface area contributed by atoms with E-state index in [1.54, 1.807) is 7.11 Å². The van der Waals surface area contributed by atoms with Gasteiger partial charge < -0.3 is 4.74 Å². The number of fused-ring (bicyclic) bond motifs is 1. The third-order valence-corrected chi connectivity index (χ3v) is 3.89. The monoisotopic (exact) mass is 259 g/mol. The van der Waals surface area contributed by atoms with Crippen LogP contribution in [0.15, 0.2) is 36.5 Å². The number of rotatable bonds is 5. The number of pyridine rings is 1. The molecule has 0 radical (unpaired) electrons. The van der Waals surface area contributed by atoms with Gasteiger partial charge in [0.25, 0.3) is 0 Å². The summed E-state index contributed by atoms with van der Waals surface area (Å²) in [7, 11) is 1.71. The van der Waals surface area contributed by atoms with Gasteiger partial charge in [0.1, 0.15) is 0 Å². The Labute approximate surface area is 113 Å². The molecular formula is C15H21N3O. The summed E-state index contributed by atoms with van der Waals surface area (Å²) in [6.45, 7) is 4.13. The molecule has 2 unspecified atom stereocenters. The second-order valence-electron chi connectivity index (χ2n) is 4.93. The van der Waals surface area contributed by atoms with Gasteiger partial charge >= 0.3 is 0 Å². The van der Waals surface area contributed by atoms with Gasteiger partial charge in [-0.1, -0.05) is 25.1 Å². The molecule has 0 fully saturated rings. The molecule has 2 aromatic rings. The van der Waals surface area contributed by atoms with Crippen molar-refractivity contribution in [1.82, 2.24) is 10.4 Å². The van der Waals surface area contributed by atoms with Crippen molar-refractivity contribution >= 4 is 10.9 Å². The van der Waals surface area contributed by atoms with E-state index in [1.165, 1.54) is 0 Å². The van der Waals surface area contributed by atoms with Crippen LogP contribution in [0.3, 0.4) is 0 Å². The molecule has 1 aromatic carbocycles. The Morgan fingerprint density at radius 2 is 2.16 bits per heavy atom. The van der Waals surface area contributed by atoms with Gasteiger partial charge in [0.2, 0.25) is 0 Å². The highest BCUT2D eigenvalue weighted by atomic mass is 16.5. The molecule has 2 atom stereocenters. The lowest BCUT2D eigenvalue weighted by Gasteiger charge is -2.35. The van der Waals surface area contributed by atoms with Crippen LogP contribution in [0.1, 0.15) is 31.9 Å². The van der Waals surface area contributed by atoms with Crippen LogP contribution in [0.2, 0.25) is 0 Å². The standard InChI is InChI=1S/C15H21N3O/c1-4-15(2,19-3)14(18-16)12-9-11-7-5-6-8-13(11)17-10-12/h5-10,14,18H,4,16H2,1-3H3. The van der Waals surface area contributed by atoms with E-state index in [-0.39, 0.29) is 11.6 Å². The largest absolute Gasteiger partial charge is 0.376 e. The molecule has 3 N–H and O–H groups in total. The Balaban J connectivity index is 2.46. The van der Waals surface area contributed by atoms with Gasteiger partial charge in [0.15, 0.2) is 0 Å². The Kier molecular flexibility index (Phi) is 4.14. The predicted molar refractivity (Wildman–Crippen MR) is 77.5 cm³/mol. The van der Waals surface area contributed by atoms with E-state index in [2.05, 4.69) is 29.5 Å². The lowest BCUT2D eigenvalue weighted by molar-refractivity contribution is -0.0300. The maximum atomic E-state index is 5.73. The zero-order valence-corrected chi connectivity index (χ0v) is 11.7. The molecule has 19 heavy (non-hydrogen) atoms. The number of hydrazine groups is 1. The number of aromatic nitrogens is 1. The van der Waals surface area contributed by atoms with Crippen molar-refractivity contribution in [1.29, 1.82) is 0 Å². The summed E-state index contributed by atoms with van der Waals surface area (Å²) < 4.78 is 5.64. The first-order valence-corrected chi connectivity index (χ1v) is 6.50. The molecule has 0 amide bonds. The van der Waals surface area contributed by atoms with Gasteiger partial charge in [-0.15, -0.1) is 0 Å². The van der Waals surface area contributed by atoms with Crippen LogP contribution in [0.25, 0.3) is 10.9 Å². The Morgan fingerprint density at radius 3 is 2.79 bits per heavy atom. The summed E-state index contributed by atoms with van der Waals surface area (Å²) in [5.41, 5.74) is 4.52. The van der Waals surface area contributed by atoms with E-state index in [0.29, 0.717) is 0 Å². The number of ether oxygens (including phenoxy) is 1. The van der Waals surface area contributed by atoms with Gasteiger partial charge in [-0.2, -0.15) is 0 Å². The first kappa shape index (κ1) is 13.9. The zero-order valence-electron chi connectivity index (χ0n) is 11.7. The minimum absolute atomic E-state index is 0.0976. The summed E-state index contributed by atoms with van der Waals surface area (Å²) in [5.74, 6) is 5.73. The normalized spacial score (nSPS) is 16.2. The van der Waals surface area contributed by atoms with Crippen molar-refractivity contribution in [2.75, 3.05) is 7.11 Å². The molecule has 0 aliphatic rings. The molecule has 0 spiro atoms. The summed E-state index contributed by atoms with van der Waals surface area (Å²) in [4.78, 5) is 4.48. The van der Waals surface area contributed by atoms with Crippen LogP contribution in [0.4, 0.5) is 0 Å². The van der Waals surface area contributed by atoms with E-state index in [0.717, 1.165) is 22.9 Å². The van der Waals surface area contributed by atoms with Crippen LogP contribution in [0.5, 0.6) is 0 Å². The lowest BCUT2D eigenvalue weighted by atomic mass is 9.88. The molecule has 0 bridgehead atoms. The SMILES string of the molecule is CCC(C)(OC)C(NN)c1cnc2ccccc2c1. The maximum Gasteiger partial charge on any atom is 0.0855 e. The Morgan fingerprint density at radius 1 is 1.42 bits per heavy atom. The maximum absolute atomic E-state index is 5.73. The molecule has 2 rings (SSSR count). The van der Waals surface area contributed by atoms with Crippen molar-refractivity contribution in [3.8, 4) is 0 Å². The van der Waals surface area contributed by atoms with E-state index >= 15 is 0 Å². The van der Waals surface area contributed by atoms with Crippen LogP contribution in [-0.2, 0) is 4.74 Å². The average Bonchev–Trinajstić information content (AvgIpc) is 2.47. The molecule has 0 aliphatic heterocycles. The van der Waals surface area contributed by atoms with Crippen molar-refractivity contribution in [3.05, 3.63) is 42.1 Å². The Bertz CT molecular complexity index is 552. The van der Waals surface area contributed by atoms with Crippen LogP contribution >= 0.6 is 0 Å². The molecule has 4 heteroatoms. The topological polar surface area (TPSA) is 60.2 Å². The number of nitrogens with one attached hydrogen (secondary N) is 1. The van der Waals surface area contributed by atoms with Crippen molar-refractivity contribution in [2.45, 2.75) is 31.9 Å². The van der Waals surface area contributed by atoms with Gasteiger partial charge in [-0.25, -0.2) is 0 Å². The highest BCUT2D eigenvalue weighted by molar-refractivity contribution is 5.78. The van der Waals surface area contributed by atoms with Crippen LogP contribution in [0, 0.1) is 0 Å². The molecule has 0 saturated heterocycles. The summed E-state index contributed by atoms with van der Waals surface area (Å²) in [6.07, 6.45) is 2.71. The highest BCUT2D eigenvalue weighted by Crippen LogP contribution is 2.31. The first-order valence-electron chi connectivity index (χ1n) is 6.50. The van der Waals surface area contributed by atoms with Crippen LogP contribution < -0.4 is 11.3 Å². The molecule has 102 valence electrons. The zero-order chi connectivity index (χ0) is 13.9. The van der Waals surface area contributed by atoms with Gasteiger partial charge in [-0.05, 0) is 31.0 Å². The lowest BCUT2D eigenvalue weighted by Crippen LogP contribution is -2.45. The second kappa shape index (κ2) is 5.65. The minimum Gasteiger partial charge on any atom is -0.376 e. The van der Waals surface area contributed by atoms with Gasteiger partial charge in [0, 0.05) is 18.7 Å². The number of hydrogen-bond donors (Lipinski definition) is 2. The fourth-order valence-corrected chi connectivity index (χ4v) is 2.34. The summed E-state index contributed by atoms with van der Waals surface area (Å²) in [5, 5.41) is 1.11. The van der Waals surface area contributed by atoms with E-state index < -0.39 is 0 Å². The number of para-hydroxylation sites is 1. The first-order chi connectivity index (χ1) is 9.14. The molecule has 0 aliphatic carbocycles. The smallest absolute Gasteiger partial charge is 0.0855 e. The highest BCUT2D eigenvalue weighted by Gasteiger charge is 2.33. The third kappa shape index (κ3) is 2.61. The molecule has 0 saturated carbocycles. The number of nitrogens with zero attached hydrogens (tertiary/aromatic N) is 1. The number of benzene rings is 1. The third-order valence-electron chi connectivity index (χ3n) is 3.89. The van der Waals surface area contributed by atoms with Gasteiger partial charge in [0.05, 0.1) is 17.2 Å². The molecule has 1 heterocycles. The fourth-order valence-electron chi connectivity index (χ4n) is 2.34. The van der Waals surface area contributed by atoms with E-state index in [1.807, 2.05) is 31.3 Å². The van der Waals surface area contributed by atoms with E-state index in [9.17, 15) is 0 Å². The summed E-state index contributed by atoms with van der Waals surface area (Å²) in [6, 6.07) is 10.1.